The molecule has 130 valence electrons. The van der Waals surface area contributed by atoms with Crippen LogP contribution in [0.4, 0.5) is 5.82 Å². The van der Waals surface area contributed by atoms with Crippen molar-refractivity contribution in [2.45, 2.75) is 46.0 Å². The van der Waals surface area contributed by atoms with E-state index in [1.54, 1.807) is 4.68 Å². The standard InChI is InChI=1S/C17H30N4O2/c1-16(2,3)13-9-14(20(5)19-13)18-15(23)10-21-8-6-7-17(4,11-21)12-22/h9,22H,6-8,10-12H2,1-5H3,(H,18,23). The monoisotopic (exact) mass is 322 g/mol. The number of nitrogens with one attached hydrogen (secondary N) is 1. The molecule has 23 heavy (non-hydrogen) atoms. The Labute approximate surface area is 138 Å². The van der Waals surface area contributed by atoms with Crippen LogP contribution in [0.2, 0.25) is 0 Å². The van der Waals surface area contributed by atoms with Crippen LogP contribution in [0.1, 0.15) is 46.2 Å². The zero-order chi connectivity index (χ0) is 17.3. The lowest BCUT2D eigenvalue weighted by atomic mass is 9.83. The summed E-state index contributed by atoms with van der Waals surface area (Å²) in [6, 6.07) is 1.94. The minimum absolute atomic E-state index is 0.0318. The molecule has 0 saturated carbocycles. The summed E-state index contributed by atoms with van der Waals surface area (Å²) >= 11 is 0. The Hall–Kier alpha value is -1.40. The van der Waals surface area contributed by atoms with Crippen LogP contribution in [0.15, 0.2) is 6.07 Å². The second-order valence-electron chi connectivity index (χ2n) is 8.12. The lowest BCUT2D eigenvalue weighted by molar-refractivity contribution is -0.118. The van der Waals surface area contributed by atoms with E-state index < -0.39 is 0 Å². The van der Waals surface area contributed by atoms with Crippen molar-refractivity contribution in [3.63, 3.8) is 0 Å². The molecule has 1 saturated heterocycles. The maximum atomic E-state index is 12.3. The van der Waals surface area contributed by atoms with Gasteiger partial charge in [0.25, 0.3) is 0 Å². The number of hydrogen-bond donors (Lipinski definition) is 2. The van der Waals surface area contributed by atoms with Crippen molar-refractivity contribution in [3.8, 4) is 0 Å². The molecule has 1 fully saturated rings. The molecule has 0 aromatic carbocycles. The lowest BCUT2D eigenvalue weighted by Gasteiger charge is -2.38. The molecule has 6 nitrogen and oxygen atoms in total. The van der Waals surface area contributed by atoms with Gasteiger partial charge in [-0.05, 0) is 19.4 Å². The fourth-order valence-corrected chi connectivity index (χ4v) is 3.03. The first-order valence-corrected chi connectivity index (χ1v) is 8.31. The van der Waals surface area contributed by atoms with Gasteiger partial charge in [0.05, 0.1) is 12.2 Å². The van der Waals surface area contributed by atoms with E-state index in [9.17, 15) is 9.90 Å². The number of carbonyl (C=O) groups is 1. The summed E-state index contributed by atoms with van der Waals surface area (Å²) in [5.74, 6) is 0.692. The van der Waals surface area contributed by atoms with Crippen molar-refractivity contribution in [2.24, 2.45) is 12.5 Å². The van der Waals surface area contributed by atoms with Crippen LogP contribution in [-0.2, 0) is 17.3 Å². The van der Waals surface area contributed by atoms with Crippen LogP contribution < -0.4 is 5.32 Å². The molecule has 1 aliphatic heterocycles. The number of rotatable bonds is 4. The molecule has 2 N–H and O–H groups in total. The van der Waals surface area contributed by atoms with Crippen LogP contribution in [-0.4, -0.2) is 51.9 Å². The Morgan fingerprint density at radius 3 is 2.74 bits per heavy atom. The topological polar surface area (TPSA) is 70.4 Å². The largest absolute Gasteiger partial charge is 0.396 e. The van der Waals surface area contributed by atoms with E-state index in [0.717, 1.165) is 37.4 Å². The van der Waals surface area contributed by atoms with Crippen molar-refractivity contribution in [1.82, 2.24) is 14.7 Å². The Bertz CT molecular complexity index is 561. The summed E-state index contributed by atoms with van der Waals surface area (Å²) in [6.45, 7) is 10.6. The molecular formula is C17H30N4O2. The SMILES string of the molecule is Cn1nc(C(C)(C)C)cc1NC(=O)CN1CCCC(C)(CO)C1. The summed E-state index contributed by atoms with van der Waals surface area (Å²) in [4.78, 5) is 14.5. The number of likely N-dealkylation sites (tertiary alicyclic amines) is 1. The molecule has 1 unspecified atom stereocenters. The molecule has 0 bridgehead atoms. The second-order valence-corrected chi connectivity index (χ2v) is 8.12. The average Bonchev–Trinajstić information content (AvgIpc) is 2.80. The summed E-state index contributed by atoms with van der Waals surface area (Å²) in [5, 5.41) is 16.9. The molecule has 2 heterocycles. The first-order valence-electron chi connectivity index (χ1n) is 8.31. The van der Waals surface area contributed by atoms with Gasteiger partial charge in [-0.25, -0.2) is 0 Å². The Balaban J connectivity index is 1.96. The van der Waals surface area contributed by atoms with Crippen LogP contribution in [0, 0.1) is 5.41 Å². The van der Waals surface area contributed by atoms with Gasteiger partial charge in [-0.3, -0.25) is 14.4 Å². The van der Waals surface area contributed by atoms with Crippen molar-refractivity contribution < 1.29 is 9.90 Å². The Morgan fingerprint density at radius 1 is 1.48 bits per heavy atom. The van der Waals surface area contributed by atoms with Gasteiger partial charge in [-0.2, -0.15) is 5.10 Å². The van der Waals surface area contributed by atoms with E-state index in [2.05, 4.69) is 43.0 Å². The average molecular weight is 322 g/mol. The van der Waals surface area contributed by atoms with Crippen LogP contribution in [0.5, 0.6) is 0 Å². The highest BCUT2D eigenvalue weighted by Crippen LogP contribution is 2.28. The van der Waals surface area contributed by atoms with Crippen molar-refractivity contribution in [3.05, 3.63) is 11.8 Å². The third kappa shape index (κ3) is 4.54. The van der Waals surface area contributed by atoms with Crippen LogP contribution in [0.3, 0.4) is 0 Å². The number of aryl methyl sites for hydroxylation is 1. The highest BCUT2D eigenvalue weighted by atomic mass is 16.3. The maximum Gasteiger partial charge on any atom is 0.239 e. The summed E-state index contributed by atoms with van der Waals surface area (Å²) in [7, 11) is 1.84. The third-order valence-electron chi connectivity index (χ3n) is 4.52. The molecule has 0 radical (unpaired) electrons. The highest BCUT2D eigenvalue weighted by molar-refractivity contribution is 5.91. The molecule has 1 atom stereocenters. The molecule has 1 aliphatic rings. The van der Waals surface area contributed by atoms with E-state index in [4.69, 9.17) is 0 Å². The predicted octanol–water partition coefficient (Wildman–Crippen LogP) is 1.75. The van der Waals surface area contributed by atoms with Gasteiger partial charge in [0.15, 0.2) is 0 Å². The molecule has 1 aromatic heterocycles. The molecule has 0 spiro atoms. The number of nitrogens with zero attached hydrogens (tertiary/aromatic N) is 3. The Morgan fingerprint density at radius 2 is 2.17 bits per heavy atom. The fourth-order valence-electron chi connectivity index (χ4n) is 3.03. The predicted molar refractivity (Wildman–Crippen MR) is 91.4 cm³/mol. The molecule has 0 aliphatic carbocycles. The number of carbonyl (C=O) groups excluding carboxylic acids is 1. The fraction of sp³-hybridized carbons (Fsp3) is 0.765. The van der Waals surface area contributed by atoms with Crippen molar-refractivity contribution in [1.29, 1.82) is 0 Å². The Kier molecular flexibility index (Phi) is 5.16. The summed E-state index contributed by atoms with van der Waals surface area (Å²) in [5.41, 5.74) is 0.821. The van der Waals surface area contributed by atoms with Gasteiger partial charge in [0, 0.05) is 37.1 Å². The van der Waals surface area contributed by atoms with Crippen molar-refractivity contribution >= 4 is 11.7 Å². The lowest BCUT2D eigenvalue weighted by Crippen LogP contribution is -2.46. The minimum atomic E-state index is -0.0928. The van der Waals surface area contributed by atoms with E-state index in [1.807, 2.05) is 13.1 Å². The van der Waals surface area contributed by atoms with Gasteiger partial charge in [0.1, 0.15) is 5.82 Å². The zero-order valence-corrected chi connectivity index (χ0v) is 15.0. The van der Waals surface area contributed by atoms with Gasteiger partial charge < -0.3 is 10.4 Å². The highest BCUT2D eigenvalue weighted by Gasteiger charge is 2.31. The number of aliphatic hydroxyl groups is 1. The molecule has 6 heteroatoms. The zero-order valence-electron chi connectivity index (χ0n) is 15.0. The second kappa shape index (κ2) is 6.61. The van der Waals surface area contributed by atoms with Crippen LogP contribution >= 0.6 is 0 Å². The first kappa shape index (κ1) is 17.9. The van der Waals surface area contributed by atoms with Gasteiger partial charge in [0.2, 0.25) is 5.91 Å². The number of aliphatic hydroxyl groups excluding tert-OH is 1. The van der Waals surface area contributed by atoms with Gasteiger partial charge >= 0.3 is 0 Å². The number of hydrogen-bond acceptors (Lipinski definition) is 4. The number of piperidine rings is 1. The normalized spacial score (nSPS) is 23.0. The quantitative estimate of drug-likeness (QED) is 0.886. The van der Waals surface area contributed by atoms with Crippen LogP contribution in [0.25, 0.3) is 0 Å². The number of amides is 1. The van der Waals surface area contributed by atoms with E-state index in [1.165, 1.54) is 0 Å². The third-order valence-corrected chi connectivity index (χ3v) is 4.52. The molecule has 1 amide bonds. The van der Waals surface area contributed by atoms with Crippen molar-refractivity contribution in [2.75, 3.05) is 31.6 Å². The van der Waals surface area contributed by atoms with E-state index >= 15 is 0 Å². The van der Waals surface area contributed by atoms with Gasteiger partial charge in [-0.15, -0.1) is 0 Å². The maximum absolute atomic E-state index is 12.3. The molecule has 2 rings (SSSR count). The van der Waals surface area contributed by atoms with E-state index in [0.29, 0.717) is 6.54 Å². The summed E-state index contributed by atoms with van der Waals surface area (Å²) < 4.78 is 1.71. The number of anilines is 1. The smallest absolute Gasteiger partial charge is 0.239 e. The van der Waals surface area contributed by atoms with E-state index in [-0.39, 0.29) is 23.3 Å². The molecule has 1 aromatic rings. The number of aromatic nitrogens is 2. The summed E-state index contributed by atoms with van der Waals surface area (Å²) in [6.07, 6.45) is 2.03. The first-order chi connectivity index (χ1) is 10.6. The minimum Gasteiger partial charge on any atom is -0.396 e. The van der Waals surface area contributed by atoms with Gasteiger partial charge in [-0.1, -0.05) is 27.7 Å². The molecular weight excluding hydrogens is 292 g/mol.